The van der Waals surface area contributed by atoms with Gasteiger partial charge in [-0.25, -0.2) is 4.79 Å². The lowest BCUT2D eigenvalue weighted by Gasteiger charge is -2.31. The van der Waals surface area contributed by atoms with Crippen molar-refractivity contribution in [1.82, 2.24) is 36.2 Å². The van der Waals surface area contributed by atoms with Gasteiger partial charge in [-0.1, -0.05) is 93.5 Å². The molecule has 0 spiro atoms. The molecule has 62 heavy (non-hydrogen) atoms. The molecule has 16 heteroatoms. The number of Topliss-reactive ketones (excluding diaryl/α,β-unsaturated/α-hetero) is 1. The average molecular weight is 858 g/mol. The van der Waals surface area contributed by atoms with Gasteiger partial charge in [-0.15, -0.1) is 0 Å². The van der Waals surface area contributed by atoms with Crippen molar-refractivity contribution >= 4 is 35.5 Å². The fraction of sp³-hybridized carbons (Fsp3) is 0.543. The summed E-state index contributed by atoms with van der Waals surface area (Å²) in [6.07, 6.45) is 0.757. The first-order valence-corrected chi connectivity index (χ1v) is 21.6. The lowest BCUT2D eigenvalue weighted by Crippen LogP contribution is -2.59. The quantitative estimate of drug-likeness (QED) is 0.108. The summed E-state index contributed by atoms with van der Waals surface area (Å²) >= 11 is 0. The zero-order chi connectivity index (χ0) is 44.8. The van der Waals surface area contributed by atoms with E-state index < -0.39 is 59.5 Å². The number of piperazine rings is 1. The fourth-order valence-electron chi connectivity index (χ4n) is 7.26. The molecule has 0 aliphatic carbocycles. The third kappa shape index (κ3) is 14.8. The number of rotatable bonds is 22. The SMILES string of the molecule is CC(C)C[C@H](NC(=O)[C@H](CCc1ccccc1)NC(=O)Cc1cc(COC(=O)N2CCN(C)CC2)on1)C(=O)N[C@@H](Cc1ccccc1)C(=O)N[C@@H](CC(C)C)C(=O)C1(C)CO1. The number of ether oxygens (including phenoxy) is 2. The Morgan fingerprint density at radius 2 is 1.29 bits per heavy atom. The largest absolute Gasteiger partial charge is 0.441 e. The van der Waals surface area contributed by atoms with Gasteiger partial charge in [0.05, 0.1) is 24.8 Å². The lowest BCUT2D eigenvalue weighted by molar-refractivity contribution is -0.135. The molecule has 3 aromatic rings. The highest BCUT2D eigenvalue weighted by Crippen LogP contribution is 2.30. The van der Waals surface area contributed by atoms with E-state index in [-0.39, 0.29) is 68.0 Å². The molecule has 3 heterocycles. The van der Waals surface area contributed by atoms with E-state index in [1.807, 2.05) is 95.4 Å². The number of aryl methyl sites for hydroxylation is 1. The summed E-state index contributed by atoms with van der Waals surface area (Å²) in [5, 5.41) is 15.5. The van der Waals surface area contributed by atoms with Crippen molar-refractivity contribution in [2.75, 3.05) is 39.8 Å². The number of ketones is 1. The summed E-state index contributed by atoms with van der Waals surface area (Å²) in [7, 11) is 1.99. The van der Waals surface area contributed by atoms with Crippen LogP contribution in [0.15, 0.2) is 71.3 Å². The minimum Gasteiger partial charge on any atom is -0.441 e. The number of carbonyl (C=O) groups excluding carboxylic acids is 6. The van der Waals surface area contributed by atoms with Crippen molar-refractivity contribution < 1.29 is 42.8 Å². The summed E-state index contributed by atoms with van der Waals surface area (Å²) in [6.45, 7) is 12.2. The molecule has 1 unspecified atom stereocenters. The van der Waals surface area contributed by atoms with Gasteiger partial charge in [0.15, 0.2) is 18.2 Å². The Kier molecular flexibility index (Phi) is 17.2. The van der Waals surface area contributed by atoms with Crippen LogP contribution in [0.4, 0.5) is 4.79 Å². The van der Waals surface area contributed by atoms with Crippen molar-refractivity contribution in [1.29, 1.82) is 0 Å². The number of carbonyl (C=O) groups is 6. The van der Waals surface area contributed by atoms with Crippen LogP contribution in [0.3, 0.4) is 0 Å². The van der Waals surface area contributed by atoms with Crippen LogP contribution in [-0.2, 0) is 59.3 Å². The fourth-order valence-corrected chi connectivity index (χ4v) is 7.26. The van der Waals surface area contributed by atoms with Gasteiger partial charge >= 0.3 is 6.09 Å². The van der Waals surface area contributed by atoms with Crippen LogP contribution < -0.4 is 21.3 Å². The minimum atomic E-state index is -1.08. The zero-order valence-corrected chi connectivity index (χ0v) is 36.8. The second-order valence-corrected chi connectivity index (χ2v) is 17.5. The standard InChI is InChI=1S/C46H63N7O9/c1-30(2)23-37(41(55)46(5)29-61-46)48-44(58)39(25-33-15-11-8-12-16-33)50-43(57)38(24-31(3)4)49-42(56)36(18-17-32-13-9-7-10-14-32)47-40(54)27-34-26-35(62-51-34)28-60-45(59)53-21-19-52(6)20-22-53/h7-16,26,30-31,36-39H,17-25,27-29H2,1-6H3,(H,47,54)(H,48,58)(H,49,56)(H,50,57)/t36-,37-,38-,39-,46?/m0/s1. The van der Waals surface area contributed by atoms with E-state index in [0.29, 0.717) is 25.9 Å². The van der Waals surface area contributed by atoms with E-state index >= 15 is 0 Å². The van der Waals surface area contributed by atoms with Gasteiger partial charge in [-0.2, -0.15) is 0 Å². The normalized spacial score (nSPS) is 18.3. The first kappa shape index (κ1) is 47.4. The van der Waals surface area contributed by atoms with Crippen LogP contribution in [-0.4, -0.2) is 120 Å². The van der Waals surface area contributed by atoms with E-state index in [4.69, 9.17) is 14.0 Å². The minimum absolute atomic E-state index is 0.0423. The Balaban J connectivity index is 1.27. The molecule has 4 N–H and O–H groups in total. The van der Waals surface area contributed by atoms with Crippen LogP contribution in [0.25, 0.3) is 0 Å². The van der Waals surface area contributed by atoms with Crippen LogP contribution in [0, 0.1) is 11.8 Å². The highest BCUT2D eigenvalue weighted by molar-refractivity contribution is 5.98. The number of hydrogen-bond acceptors (Lipinski definition) is 11. The molecule has 0 bridgehead atoms. The molecule has 2 aromatic carbocycles. The number of hydrogen-bond donors (Lipinski definition) is 4. The summed E-state index contributed by atoms with van der Waals surface area (Å²) in [5.41, 5.74) is 1.07. The van der Waals surface area contributed by atoms with E-state index in [1.165, 1.54) is 6.07 Å². The molecule has 16 nitrogen and oxygen atoms in total. The third-order valence-corrected chi connectivity index (χ3v) is 11.0. The predicted molar refractivity (Wildman–Crippen MR) is 230 cm³/mol. The van der Waals surface area contributed by atoms with Gasteiger partial charge in [-0.3, -0.25) is 24.0 Å². The Morgan fingerprint density at radius 3 is 1.90 bits per heavy atom. The van der Waals surface area contributed by atoms with Crippen LogP contribution in [0.5, 0.6) is 0 Å². The summed E-state index contributed by atoms with van der Waals surface area (Å²) in [5.74, 6) is -2.09. The maximum absolute atomic E-state index is 14.2. The summed E-state index contributed by atoms with van der Waals surface area (Å²) < 4.78 is 16.2. The van der Waals surface area contributed by atoms with Gasteiger partial charge in [-0.05, 0) is 62.6 Å². The van der Waals surface area contributed by atoms with E-state index in [1.54, 1.807) is 11.8 Å². The van der Waals surface area contributed by atoms with Crippen molar-refractivity contribution in [2.45, 2.75) is 110 Å². The molecule has 5 atom stereocenters. The Bertz CT molecular complexity index is 1960. The molecule has 336 valence electrons. The van der Waals surface area contributed by atoms with E-state index in [0.717, 1.165) is 24.2 Å². The summed E-state index contributed by atoms with van der Waals surface area (Å²) in [6, 6.07) is 16.3. The zero-order valence-electron chi connectivity index (χ0n) is 36.8. The molecule has 0 radical (unpaired) electrons. The number of aromatic nitrogens is 1. The number of nitrogens with zero attached hydrogens (tertiary/aromatic N) is 3. The number of nitrogens with one attached hydrogen (secondary N) is 4. The first-order chi connectivity index (χ1) is 29.6. The Hall–Kier alpha value is -5.61. The molecular weight excluding hydrogens is 795 g/mol. The molecule has 1 aromatic heterocycles. The smallest absolute Gasteiger partial charge is 0.410 e. The van der Waals surface area contributed by atoms with Crippen LogP contribution >= 0.6 is 0 Å². The topological polar surface area (TPSA) is 205 Å². The molecule has 2 fully saturated rings. The van der Waals surface area contributed by atoms with Gasteiger partial charge < -0.3 is 45.1 Å². The number of amides is 5. The highest BCUT2D eigenvalue weighted by atomic mass is 16.6. The number of benzene rings is 2. The second kappa shape index (κ2) is 22.5. The van der Waals surface area contributed by atoms with Crippen LogP contribution in [0.1, 0.15) is 76.5 Å². The van der Waals surface area contributed by atoms with Gasteiger partial charge in [0, 0.05) is 38.7 Å². The molecule has 0 saturated carbocycles. The van der Waals surface area contributed by atoms with Crippen molar-refractivity contribution in [2.24, 2.45) is 11.8 Å². The molecule has 2 aliphatic heterocycles. The predicted octanol–water partition coefficient (Wildman–Crippen LogP) is 3.37. The van der Waals surface area contributed by atoms with E-state index in [9.17, 15) is 28.8 Å². The molecule has 5 amide bonds. The maximum atomic E-state index is 14.2. The molecule has 2 saturated heterocycles. The summed E-state index contributed by atoms with van der Waals surface area (Å²) in [4.78, 5) is 85.6. The Morgan fingerprint density at radius 1 is 0.742 bits per heavy atom. The van der Waals surface area contributed by atoms with Gasteiger partial charge in [0.2, 0.25) is 23.6 Å². The average Bonchev–Trinajstić information content (AvgIpc) is 3.84. The maximum Gasteiger partial charge on any atom is 0.410 e. The monoisotopic (exact) mass is 857 g/mol. The molecule has 2 aliphatic rings. The van der Waals surface area contributed by atoms with Crippen molar-refractivity contribution in [3.8, 4) is 0 Å². The Labute approximate surface area is 364 Å². The van der Waals surface area contributed by atoms with Crippen molar-refractivity contribution in [3.05, 3.63) is 89.3 Å². The van der Waals surface area contributed by atoms with E-state index in [2.05, 4.69) is 31.3 Å². The number of epoxide rings is 1. The van der Waals surface area contributed by atoms with Gasteiger partial charge in [0.1, 0.15) is 23.7 Å². The first-order valence-electron chi connectivity index (χ1n) is 21.6. The second-order valence-electron chi connectivity index (χ2n) is 17.5. The number of likely N-dealkylation sites (N-methyl/N-ethyl adjacent to an activating group) is 1. The third-order valence-electron chi connectivity index (χ3n) is 11.0. The molecule has 5 rings (SSSR count). The highest BCUT2D eigenvalue weighted by Gasteiger charge is 2.50. The van der Waals surface area contributed by atoms with Gasteiger partial charge in [0.25, 0.3) is 0 Å². The van der Waals surface area contributed by atoms with Crippen molar-refractivity contribution in [3.63, 3.8) is 0 Å². The van der Waals surface area contributed by atoms with Crippen LogP contribution in [0.2, 0.25) is 0 Å². The molecular formula is C46H63N7O9. The lowest BCUT2D eigenvalue weighted by atomic mass is 9.93.